The van der Waals surface area contributed by atoms with Crippen LogP contribution in [0.2, 0.25) is 0 Å². The number of fused-ring (bicyclic) bond motifs is 1. The quantitative estimate of drug-likeness (QED) is 0.126. The number of aromatic hydroxyl groups is 2. The van der Waals surface area contributed by atoms with Gasteiger partial charge in [0.2, 0.25) is 0 Å². The molecular weight excluding hydrogens is 590 g/mol. The Bertz CT molecular complexity index is 2030. The van der Waals surface area contributed by atoms with Crippen LogP contribution in [0.15, 0.2) is 85.6 Å². The van der Waals surface area contributed by atoms with Gasteiger partial charge in [-0.25, -0.2) is 0 Å². The number of phenols is 2. The third-order valence-corrected chi connectivity index (χ3v) is 8.16. The highest BCUT2D eigenvalue weighted by Crippen LogP contribution is 2.47. The summed E-state index contributed by atoms with van der Waals surface area (Å²) in [6.07, 6.45) is 0. The second kappa shape index (κ2) is 10.1. The molecule has 4 rings (SSSR count). The first kappa shape index (κ1) is 28.9. The molecule has 14 nitrogen and oxygen atoms in total. The summed E-state index contributed by atoms with van der Waals surface area (Å²) in [5, 5.41) is 30.8. The summed E-state index contributed by atoms with van der Waals surface area (Å²) < 4.78 is 101. The number of aryl methyl sites for hydroxylation is 1. The van der Waals surface area contributed by atoms with Crippen molar-refractivity contribution in [1.82, 2.24) is 0 Å². The summed E-state index contributed by atoms with van der Waals surface area (Å²) in [6, 6.07) is 13.1. The van der Waals surface area contributed by atoms with Crippen LogP contribution in [0.1, 0.15) is 5.56 Å². The van der Waals surface area contributed by atoms with Crippen molar-refractivity contribution in [3.05, 3.63) is 66.2 Å². The molecule has 0 radical (unpaired) electrons. The van der Waals surface area contributed by atoms with Gasteiger partial charge >= 0.3 is 0 Å². The number of nitrogens with one attached hydrogen (secondary N) is 1. The lowest BCUT2D eigenvalue weighted by Gasteiger charge is -2.16. The van der Waals surface area contributed by atoms with Crippen LogP contribution in [0.5, 0.6) is 11.5 Å². The molecule has 40 heavy (non-hydrogen) atoms. The molecule has 0 aliphatic rings. The first-order chi connectivity index (χ1) is 18.5. The van der Waals surface area contributed by atoms with Gasteiger partial charge in [-0.1, -0.05) is 18.2 Å². The van der Waals surface area contributed by atoms with Crippen molar-refractivity contribution in [3.63, 3.8) is 0 Å². The summed E-state index contributed by atoms with van der Waals surface area (Å²) >= 11 is 0. The predicted molar refractivity (Wildman–Crippen MR) is 142 cm³/mol. The van der Waals surface area contributed by atoms with Crippen molar-refractivity contribution < 1.29 is 49.1 Å². The average Bonchev–Trinajstić information content (AvgIpc) is 2.83. The molecule has 4 aromatic rings. The molecule has 0 spiro atoms. The molecule has 0 heterocycles. The topological polar surface area (TPSA) is 240 Å². The monoisotopic (exact) mass is 609 g/mol. The number of hydrogen-bond donors (Lipinski definition) is 6. The molecular formula is C23H19N3O11S3. The zero-order chi connectivity index (χ0) is 29.6. The van der Waals surface area contributed by atoms with Crippen molar-refractivity contribution in [2.45, 2.75) is 21.6 Å². The van der Waals surface area contributed by atoms with E-state index in [1.807, 2.05) is 0 Å². The summed E-state index contributed by atoms with van der Waals surface area (Å²) in [4.78, 5) is -2.87. The van der Waals surface area contributed by atoms with Gasteiger partial charge in [0.15, 0.2) is 11.5 Å². The summed E-state index contributed by atoms with van der Waals surface area (Å²) in [5.41, 5.74) is -0.816. The fourth-order valence-corrected chi connectivity index (χ4v) is 5.85. The zero-order valence-electron chi connectivity index (χ0n) is 20.1. The molecule has 210 valence electrons. The lowest BCUT2D eigenvalue weighted by atomic mass is 10.1. The van der Waals surface area contributed by atoms with Crippen molar-refractivity contribution in [1.29, 1.82) is 0 Å². The molecule has 0 saturated carbocycles. The third kappa shape index (κ3) is 5.74. The number of hydrogen-bond acceptors (Lipinski definition) is 11. The van der Waals surface area contributed by atoms with Gasteiger partial charge in [-0.2, -0.15) is 25.3 Å². The van der Waals surface area contributed by atoms with Crippen LogP contribution in [0.25, 0.3) is 10.8 Å². The average molecular weight is 610 g/mol. The van der Waals surface area contributed by atoms with Crippen LogP contribution in [-0.2, 0) is 30.4 Å². The maximum atomic E-state index is 12.3. The lowest BCUT2D eigenvalue weighted by Crippen LogP contribution is -2.04. The van der Waals surface area contributed by atoms with Gasteiger partial charge in [0.1, 0.15) is 26.1 Å². The molecule has 0 saturated heterocycles. The number of azo groups is 1. The highest BCUT2D eigenvalue weighted by atomic mass is 32.2. The molecule has 0 aliphatic heterocycles. The highest BCUT2D eigenvalue weighted by Gasteiger charge is 2.28. The van der Waals surface area contributed by atoms with Crippen LogP contribution in [0.4, 0.5) is 22.7 Å². The minimum absolute atomic E-state index is 0.0245. The van der Waals surface area contributed by atoms with E-state index in [0.29, 0.717) is 11.8 Å². The van der Waals surface area contributed by atoms with E-state index in [1.165, 1.54) is 13.0 Å². The van der Waals surface area contributed by atoms with Crippen LogP contribution >= 0.6 is 0 Å². The van der Waals surface area contributed by atoms with Crippen molar-refractivity contribution in [2.24, 2.45) is 10.2 Å². The number of anilines is 2. The van der Waals surface area contributed by atoms with E-state index in [-0.39, 0.29) is 16.6 Å². The third-order valence-electron chi connectivity index (χ3n) is 5.52. The summed E-state index contributed by atoms with van der Waals surface area (Å²) in [6.45, 7) is 1.39. The van der Waals surface area contributed by atoms with Crippen LogP contribution in [0, 0.1) is 6.92 Å². The van der Waals surface area contributed by atoms with Gasteiger partial charge < -0.3 is 15.5 Å². The summed E-state index contributed by atoms with van der Waals surface area (Å²) in [5.74, 6) is -2.06. The van der Waals surface area contributed by atoms with Crippen LogP contribution < -0.4 is 5.32 Å². The van der Waals surface area contributed by atoms with E-state index in [9.17, 15) is 49.1 Å². The number of nitrogens with zero attached hydrogens (tertiary/aromatic N) is 2. The van der Waals surface area contributed by atoms with Gasteiger partial charge in [0, 0.05) is 11.1 Å². The summed E-state index contributed by atoms with van der Waals surface area (Å²) in [7, 11) is -15.1. The maximum absolute atomic E-state index is 12.3. The molecule has 4 aromatic carbocycles. The highest BCUT2D eigenvalue weighted by molar-refractivity contribution is 7.86. The molecule has 0 amide bonds. The minimum Gasteiger partial charge on any atom is -0.505 e. The van der Waals surface area contributed by atoms with Crippen LogP contribution in [-0.4, -0.2) is 49.1 Å². The van der Waals surface area contributed by atoms with Gasteiger partial charge in [0.25, 0.3) is 30.4 Å². The van der Waals surface area contributed by atoms with Gasteiger partial charge in [-0.05, 0) is 55.0 Å². The van der Waals surface area contributed by atoms with E-state index < -0.39 is 73.3 Å². The van der Waals surface area contributed by atoms with Gasteiger partial charge in [0.05, 0.1) is 11.1 Å². The molecule has 0 fully saturated rings. The van der Waals surface area contributed by atoms with Gasteiger partial charge in [-0.3, -0.25) is 13.7 Å². The van der Waals surface area contributed by atoms with E-state index in [1.54, 1.807) is 30.3 Å². The molecule has 0 aliphatic carbocycles. The minimum atomic E-state index is -5.24. The lowest BCUT2D eigenvalue weighted by molar-refractivity contribution is 0.443. The molecule has 17 heteroatoms. The molecule has 0 atom stereocenters. The number of rotatable bonds is 7. The molecule has 0 unspecified atom stereocenters. The second-order valence-corrected chi connectivity index (χ2v) is 12.5. The SMILES string of the molecule is Cc1cc(N=Nc2c(S(=O)(=O)O)cc3c(S(=O)(=O)O)ccc(Nc4ccccc4)c3c2O)c(O)c(S(=O)(=O)O)c1. The number of benzene rings is 4. The second-order valence-electron chi connectivity index (χ2n) is 8.35. The normalized spacial score (nSPS) is 12.7. The van der Waals surface area contributed by atoms with Crippen molar-refractivity contribution in [3.8, 4) is 11.5 Å². The van der Waals surface area contributed by atoms with Crippen LogP contribution in [0.3, 0.4) is 0 Å². The largest absolute Gasteiger partial charge is 0.505 e. The van der Waals surface area contributed by atoms with E-state index >= 15 is 0 Å². The fraction of sp³-hybridized carbons (Fsp3) is 0.0435. The van der Waals surface area contributed by atoms with Crippen molar-refractivity contribution in [2.75, 3.05) is 5.32 Å². The smallest absolute Gasteiger partial charge is 0.298 e. The molecule has 6 N–H and O–H groups in total. The first-order valence-corrected chi connectivity index (χ1v) is 15.1. The Morgan fingerprint density at radius 1 is 0.675 bits per heavy atom. The van der Waals surface area contributed by atoms with E-state index in [0.717, 1.165) is 18.2 Å². The standard InChI is InChI=1S/C23H19N3O11S3/c1-12-9-16(22(27)19(10-12)40(35,36)37)25-26-21-18(39(32,33)34)11-14-17(38(29,30)31)8-7-15(20(14)23(21)28)24-13-5-3-2-4-6-13/h2-11,24,27-28H,1H3,(H,29,30,31)(H,32,33,34)(H,35,36,37). The Kier molecular flexibility index (Phi) is 7.30. The number of phenolic OH excluding ortho intramolecular Hbond substituents is 2. The molecule has 0 aromatic heterocycles. The Labute approximate surface area is 227 Å². The Balaban J connectivity index is 2.07. The zero-order valence-corrected chi connectivity index (χ0v) is 22.5. The maximum Gasteiger partial charge on any atom is 0.298 e. The fourth-order valence-electron chi connectivity index (χ4n) is 3.84. The molecule has 0 bridgehead atoms. The Hall–Kier alpha value is -4.13. The van der Waals surface area contributed by atoms with Crippen molar-refractivity contribution >= 4 is 63.9 Å². The Morgan fingerprint density at radius 2 is 1.27 bits per heavy atom. The van der Waals surface area contributed by atoms with E-state index in [2.05, 4.69) is 15.5 Å². The van der Waals surface area contributed by atoms with E-state index in [4.69, 9.17) is 0 Å². The Morgan fingerprint density at radius 3 is 1.85 bits per heavy atom. The first-order valence-electron chi connectivity index (χ1n) is 10.8. The van der Waals surface area contributed by atoms with Gasteiger partial charge in [-0.15, -0.1) is 10.2 Å². The number of para-hydroxylation sites is 1. The predicted octanol–water partition coefficient (Wildman–Crippen LogP) is 4.46.